The highest BCUT2D eigenvalue weighted by molar-refractivity contribution is 5.84. The summed E-state index contributed by atoms with van der Waals surface area (Å²) in [7, 11) is 0. The molecule has 1 aromatic rings. The fourth-order valence-corrected chi connectivity index (χ4v) is 1.29. The Morgan fingerprint density at radius 3 is 2.29 bits per heavy atom. The van der Waals surface area contributed by atoms with E-state index in [1.807, 2.05) is 6.07 Å². The average molecular weight is 294 g/mol. The Labute approximate surface area is 120 Å². The van der Waals surface area contributed by atoms with Crippen LogP contribution in [-0.2, 0) is 11.0 Å². The molecule has 0 spiro atoms. The van der Waals surface area contributed by atoms with Gasteiger partial charge in [-0.3, -0.25) is 4.79 Å². The van der Waals surface area contributed by atoms with Crippen LogP contribution in [0.4, 0.5) is 13.2 Å². The molecule has 21 heavy (non-hydrogen) atoms. The monoisotopic (exact) mass is 294 g/mol. The van der Waals surface area contributed by atoms with Crippen LogP contribution in [0.1, 0.15) is 25.0 Å². The molecular formula is C15H13F3N2O. The van der Waals surface area contributed by atoms with Gasteiger partial charge in [-0.25, -0.2) is 0 Å². The van der Waals surface area contributed by atoms with Gasteiger partial charge in [-0.05, 0) is 38.1 Å². The second-order valence-electron chi connectivity index (χ2n) is 4.80. The molecule has 0 aromatic heterocycles. The van der Waals surface area contributed by atoms with Crippen LogP contribution in [0.25, 0.3) is 0 Å². The lowest BCUT2D eigenvalue weighted by Gasteiger charge is -2.12. The lowest BCUT2D eigenvalue weighted by molar-refractivity contribution is -0.137. The Morgan fingerprint density at radius 1 is 1.24 bits per heavy atom. The van der Waals surface area contributed by atoms with E-state index in [1.54, 1.807) is 0 Å². The first kappa shape index (κ1) is 16.6. The molecule has 0 saturated carbocycles. The summed E-state index contributed by atoms with van der Waals surface area (Å²) in [5.74, 6) is 4.80. The summed E-state index contributed by atoms with van der Waals surface area (Å²) in [6, 6.07) is 6.27. The predicted molar refractivity (Wildman–Crippen MR) is 70.7 cm³/mol. The number of rotatable bonds is 2. The van der Waals surface area contributed by atoms with Crippen LogP contribution in [-0.4, -0.2) is 12.5 Å². The molecule has 1 rings (SSSR count). The molecule has 0 radical (unpaired) electrons. The van der Waals surface area contributed by atoms with Crippen LogP contribution < -0.4 is 5.32 Å². The maximum absolute atomic E-state index is 12.4. The number of amides is 1. The number of halogens is 3. The van der Waals surface area contributed by atoms with Crippen LogP contribution in [0.5, 0.6) is 0 Å². The molecule has 3 nitrogen and oxygen atoms in total. The second kappa shape index (κ2) is 6.32. The summed E-state index contributed by atoms with van der Waals surface area (Å²) < 4.78 is 37.1. The van der Waals surface area contributed by atoms with Crippen molar-refractivity contribution in [2.45, 2.75) is 20.0 Å². The molecule has 0 aliphatic rings. The smallest absolute Gasteiger partial charge is 0.344 e. The van der Waals surface area contributed by atoms with Gasteiger partial charge in [-0.1, -0.05) is 11.8 Å². The summed E-state index contributed by atoms with van der Waals surface area (Å²) in [5, 5.41) is 11.2. The zero-order valence-electron chi connectivity index (χ0n) is 11.5. The van der Waals surface area contributed by atoms with Crippen molar-refractivity contribution in [2.24, 2.45) is 5.41 Å². The Kier molecular flexibility index (Phi) is 4.99. The number of nitrogens with one attached hydrogen (secondary N) is 1. The zero-order chi connectivity index (χ0) is 16.1. The predicted octanol–water partition coefficient (Wildman–Crippen LogP) is 2.72. The van der Waals surface area contributed by atoms with Crippen molar-refractivity contribution in [3.05, 3.63) is 35.4 Å². The summed E-state index contributed by atoms with van der Waals surface area (Å²) in [6.45, 7) is 2.97. The van der Waals surface area contributed by atoms with E-state index in [0.717, 1.165) is 12.1 Å². The van der Waals surface area contributed by atoms with Crippen molar-refractivity contribution in [3.8, 4) is 17.9 Å². The van der Waals surface area contributed by atoms with Gasteiger partial charge in [0.15, 0.2) is 0 Å². The first-order chi connectivity index (χ1) is 9.66. The number of carbonyl (C=O) groups excluding carboxylic acids is 1. The van der Waals surface area contributed by atoms with Crippen molar-refractivity contribution in [1.29, 1.82) is 5.26 Å². The van der Waals surface area contributed by atoms with Crippen molar-refractivity contribution in [1.82, 2.24) is 5.32 Å². The maximum atomic E-state index is 12.4. The summed E-state index contributed by atoms with van der Waals surface area (Å²) in [6.07, 6.45) is -4.37. The van der Waals surface area contributed by atoms with E-state index < -0.39 is 23.1 Å². The van der Waals surface area contributed by atoms with Crippen molar-refractivity contribution >= 4 is 5.91 Å². The van der Waals surface area contributed by atoms with Crippen LogP contribution in [0.2, 0.25) is 0 Å². The fourth-order valence-electron chi connectivity index (χ4n) is 1.29. The molecule has 6 heteroatoms. The molecule has 1 amide bonds. The minimum absolute atomic E-state index is 0.0188. The van der Waals surface area contributed by atoms with Crippen molar-refractivity contribution in [3.63, 3.8) is 0 Å². The maximum Gasteiger partial charge on any atom is 0.416 e. The Morgan fingerprint density at radius 2 is 1.81 bits per heavy atom. The highest BCUT2D eigenvalue weighted by atomic mass is 19.4. The van der Waals surface area contributed by atoms with E-state index in [9.17, 15) is 18.0 Å². The molecule has 0 aliphatic heterocycles. The summed E-state index contributed by atoms with van der Waals surface area (Å²) in [5.41, 5.74) is -1.47. The van der Waals surface area contributed by atoms with E-state index in [4.69, 9.17) is 5.26 Å². The highest BCUT2D eigenvalue weighted by Crippen LogP contribution is 2.28. The van der Waals surface area contributed by atoms with Gasteiger partial charge in [0.1, 0.15) is 5.41 Å². The standard InChI is InChI=1S/C15H13F3N2O/c1-14(2,10-19)13(21)20-9-3-4-11-5-7-12(8-6-11)15(16,17)18/h5-8H,9H2,1-2H3,(H,20,21). The number of nitrogens with zero attached hydrogens (tertiary/aromatic N) is 1. The van der Waals surface area contributed by atoms with E-state index in [1.165, 1.54) is 26.0 Å². The molecule has 0 fully saturated rings. The van der Waals surface area contributed by atoms with Crippen molar-refractivity contribution < 1.29 is 18.0 Å². The van der Waals surface area contributed by atoms with Crippen LogP contribution in [0.3, 0.4) is 0 Å². The van der Waals surface area contributed by atoms with Gasteiger partial charge in [0.25, 0.3) is 0 Å². The molecule has 0 bridgehead atoms. The largest absolute Gasteiger partial charge is 0.416 e. The number of alkyl halides is 3. The van der Waals surface area contributed by atoms with Crippen LogP contribution in [0, 0.1) is 28.6 Å². The fraction of sp³-hybridized carbons (Fsp3) is 0.333. The van der Waals surface area contributed by atoms with Gasteiger partial charge in [0.2, 0.25) is 5.91 Å². The third-order valence-corrected chi connectivity index (χ3v) is 2.63. The Hall–Kier alpha value is -2.47. The van der Waals surface area contributed by atoms with Gasteiger partial charge in [-0.15, -0.1) is 0 Å². The quantitative estimate of drug-likeness (QED) is 0.853. The van der Waals surface area contributed by atoms with E-state index in [0.29, 0.717) is 5.56 Å². The van der Waals surface area contributed by atoms with Gasteiger partial charge < -0.3 is 5.32 Å². The number of hydrogen-bond donors (Lipinski definition) is 1. The molecule has 0 atom stereocenters. The van der Waals surface area contributed by atoms with E-state index in [2.05, 4.69) is 17.2 Å². The SMILES string of the molecule is CC(C)(C#N)C(=O)NCC#Cc1ccc(C(F)(F)F)cc1. The van der Waals surface area contributed by atoms with Crippen LogP contribution >= 0.6 is 0 Å². The number of benzene rings is 1. The van der Waals surface area contributed by atoms with Gasteiger partial charge in [0, 0.05) is 5.56 Å². The summed E-state index contributed by atoms with van der Waals surface area (Å²) >= 11 is 0. The minimum atomic E-state index is -4.37. The van der Waals surface area contributed by atoms with Crippen LogP contribution in [0.15, 0.2) is 24.3 Å². The van der Waals surface area contributed by atoms with Gasteiger partial charge in [-0.2, -0.15) is 18.4 Å². The molecule has 110 valence electrons. The van der Waals surface area contributed by atoms with Gasteiger partial charge in [0.05, 0.1) is 18.2 Å². The normalized spacial score (nSPS) is 11.0. The minimum Gasteiger partial charge on any atom is -0.344 e. The summed E-state index contributed by atoms with van der Waals surface area (Å²) in [4.78, 5) is 11.5. The highest BCUT2D eigenvalue weighted by Gasteiger charge is 2.29. The molecule has 0 heterocycles. The number of nitriles is 1. The topological polar surface area (TPSA) is 52.9 Å². The van der Waals surface area contributed by atoms with E-state index in [-0.39, 0.29) is 6.54 Å². The Bertz CT molecular complexity index is 614. The molecule has 0 aliphatic carbocycles. The first-order valence-electron chi connectivity index (χ1n) is 6.02. The molecule has 0 unspecified atom stereocenters. The molecule has 1 N–H and O–H groups in total. The number of carbonyl (C=O) groups is 1. The third-order valence-electron chi connectivity index (χ3n) is 2.63. The van der Waals surface area contributed by atoms with Gasteiger partial charge >= 0.3 is 6.18 Å². The molecule has 0 saturated heterocycles. The van der Waals surface area contributed by atoms with E-state index >= 15 is 0 Å². The lowest BCUT2D eigenvalue weighted by atomic mass is 9.95. The lowest BCUT2D eigenvalue weighted by Crippen LogP contribution is -2.36. The molecule has 1 aromatic carbocycles. The first-order valence-corrected chi connectivity index (χ1v) is 6.02. The third kappa shape index (κ3) is 4.85. The van der Waals surface area contributed by atoms with Crippen molar-refractivity contribution in [2.75, 3.05) is 6.54 Å². The second-order valence-corrected chi connectivity index (χ2v) is 4.80. The number of hydrogen-bond acceptors (Lipinski definition) is 2. The Balaban J connectivity index is 2.61. The zero-order valence-corrected chi connectivity index (χ0v) is 11.5. The average Bonchev–Trinajstić information content (AvgIpc) is 2.42. The molecular weight excluding hydrogens is 281 g/mol.